The summed E-state index contributed by atoms with van der Waals surface area (Å²) >= 11 is 6.04. The van der Waals surface area contributed by atoms with E-state index in [-0.39, 0.29) is 22.5 Å². The third-order valence-corrected chi connectivity index (χ3v) is 3.63. The zero-order valence-electron chi connectivity index (χ0n) is 13.6. The van der Waals surface area contributed by atoms with Gasteiger partial charge >= 0.3 is 0 Å². The van der Waals surface area contributed by atoms with Gasteiger partial charge in [0.1, 0.15) is 11.5 Å². The third kappa shape index (κ3) is 4.74. The first-order valence-corrected chi connectivity index (χ1v) is 7.92. The quantitative estimate of drug-likeness (QED) is 0.853. The number of hydrogen-bond acceptors (Lipinski definition) is 4. The summed E-state index contributed by atoms with van der Waals surface area (Å²) in [7, 11) is 1.91. The van der Waals surface area contributed by atoms with Gasteiger partial charge in [0.05, 0.1) is 11.2 Å². The van der Waals surface area contributed by atoms with Crippen LogP contribution in [0.2, 0.25) is 5.02 Å². The average molecular weight is 333 g/mol. The first kappa shape index (κ1) is 17.4. The Morgan fingerprint density at radius 3 is 2.35 bits per heavy atom. The average Bonchev–Trinajstić information content (AvgIpc) is 2.54. The molecule has 0 saturated carbocycles. The fraction of sp³-hybridized carbons (Fsp3) is 0.353. The van der Waals surface area contributed by atoms with E-state index in [0.29, 0.717) is 12.4 Å². The van der Waals surface area contributed by atoms with Crippen molar-refractivity contribution < 1.29 is 4.79 Å². The van der Waals surface area contributed by atoms with Crippen LogP contribution in [0, 0.1) is 0 Å². The number of benzene rings is 1. The second-order valence-corrected chi connectivity index (χ2v) is 6.02. The van der Waals surface area contributed by atoms with Crippen molar-refractivity contribution in [3.63, 3.8) is 0 Å². The molecule has 2 rings (SSSR count). The molecule has 6 heteroatoms. The van der Waals surface area contributed by atoms with Crippen LogP contribution in [-0.4, -0.2) is 22.9 Å². The van der Waals surface area contributed by atoms with Crippen LogP contribution in [0.25, 0.3) is 0 Å². The monoisotopic (exact) mass is 332 g/mol. The van der Waals surface area contributed by atoms with Gasteiger partial charge in [0, 0.05) is 19.0 Å². The molecule has 1 aromatic carbocycles. The zero-order valence-corrected chi connectivity index (χ0v) is 14.3. The molecule has 0 radical (unpaired) electrons. The van der Waals surface area contributed by atoms with E-state index < -0.39 is 0 Å². The summed E-state index contributed by atoms with van der Waals surface area (Å²) in [6.07, 6.45) is 1.48. The first-order valence-electron chi connectivity index (χ1n) is 7.54. The number of carbonyl (C=O) groups excluding carboxylic acids is 1. The topological polar surface area (TPSA) is 66.9 Å². The van der Waals surface area contributed by atoms with E-state index in [9.17, 15) is 4.79 Å². The fourth-order valence-corrected chi connectivity index (χ4v) is 2.24. The van der Waals surface area contributed by atoms with E-state index in [1.54, 1.807) is 0 Å². The second-order valence-electron chi connectivity index (χ2n) is 5.61. The molecule has 5 nitrogen and oxygen atoms in total. The number of hydrogen-bond donors (Lipinski definition) is 2. The molecule has 1 aromatic heterocycles. The molecule has 0 bridgehead atoms. The van der Waals surface area contributed by atoms with Crippen molar-refractivity contribution in [1.82, 2.24) is 20.6 Å². The molecule has 0 aliphatic carbocycles. The minimum atomic E-state index is -0.293. The van der Waals surface area contributed by atoms with E-state index in [4.69, 9.17) is 11.6 Å². The number of nitrogens with zero attached hydrogens (tertiary/aromatic N) is 2. The summed E-state index contributed by atoms with van der Waals surface area (Å²) in [4.78, 5) is 20.7. The molecule has 0 fully saturated rings. The molecule has 0 aliphatic heterocycles. The van der Waals surface area contributed by atoms with Gasteiger partial charge in [-0.15, -0.1) is 0 Å². The molecule has 2 N–H and O–H groups in total. The fourth-order valence-electron chi connectivity index (χ4n) is 2.06. The van der Waals surface area contributed by atoms with E-state index in [1.165, 1.54) is 11.8 Å². The number of rotatable bonds is 6. The van der Waals surface area contributed by atoms with Crippen LogP contribution in [0.15, 0.2) is 30.5 Å². The predicted octanol–water partition coefficient (Wildman–Crippen LogP) is 2.90. The van der Waals surface area contributed by atoms with Gasteiger partial charge in [-0.25, -0.2) is 9.97 Å². The van der Waals surface area contributed by atoms with Gasteiger partial charge in [0.2, 0.25) is 0 Å². The normalized spacial score (nSPS) is 10.8. The van der Waals surface area contributed by atoms with E-state index in [1.807, 2.05) is 45.2 Å². The molecule has 0 spiro atoms. The van der Waals surface area contributed by atoms with Crippen molar-refractivity contribution in [2.75, 3.05) is 7.05 Å². The highest BCUT2D eigenvalue weighted by Gasteiger charge is 2.15. The molecule has 0 aliphatic rings. The molecule has 0 unspecified atom stereocenters. The highest BCUT2D eigenvalue weighted by atomic mass is 35.5. The molecule has 23 heavy (non-hydrogen) atoms. The minimum absolute atomic E-state index is 0.138. The lowest BCUT2D eigenvalue weighted by Gasteiger charge is -2.09. The molecule has 0 atom stereocenters. The van der Waals surface area contributed by atoms with Crippen LogP contribution in [0.5, 0.6) is 0 Å². The van der Waals surface area contributed by atoms with Gasteiger partial charge in [-0.05, 0) is 18.2 Å². The highest BCUT2D eigenvalue weighted by molar-refractivity contribution is 6.33. The van der Waals surface area contributed by atoms with E-state index in [0.717, 1.165) is 12.1 Å². The Kier molecular flexibility index (Phi) is 6.07. The van der Waals surface area contributed by atoms with Gasteiger partial charge in [-0.1, -0.05) is 49.7 Å². The first-order chi connectivity index (χ1) is 11.0. The van der Waals surface area contributed by atoms with Crippen molar-refractivity contribution in [3.8, 4) is 0 Å². The van der Waals surface area contributed by atoms with Crippen LogP contribution < -0.4 is 10.6 Å². The summed E-state index contributed by atoms with van der Waals surface area (Å²) in [6.45, 7) is 5.19. The van der Waals surface area contributed by atoms with Crippen LogP contribution in [0.1, 0.15) is 47.2 Å². The molecule has 122 valence electrons. The summed E-state index contributed by atoms with van der Waals surface area (Å²) in [6, 6.07) is 8.06. The zero-order chi connectivity index (χ0) is 16.8. The van der Waals surface area contributed by atoms with Gasteiger partial charge in [0.15, 0.2) is 0 Å². The number of halogens is 1. The smallest absolute Gasteiger partial charge is 0.271 e. The molecule has 1 amide bonds. The highest BCUT2D eigenvalue weighted by Crippen LogP contribution is 2.16. The molecular weight excluding hydrogens is 312 g/mol. The van der Waals surface area contributed by atoms with Crippen molar-refractivity contribution in [1.29, 1.82) is 0 Å². The van der Waals surface area contributed by atoms with Crippen molar-refractivity contribution in [2.45, 2.75) is 32.9 Å². The van der Waals surface area contributed by atoms with Gasteiger partial charge in [-0.3, -0.25) is 4.79 Å². The lowest BCUT2D eigenvalue weighted by atomic mass is 10.1. The van der Waals surface area contributed by atoms with Crippen LogP contribution in [0.4, 0.5) is 0 Å². The summed E-state index contributed by atoms with van der Waals surface area (Å²) < 4.78 is 0. The minimum Gasteiger partial charge on any atom is -0.347 e. The van der Waals surface area contributed by atoms with Crippen LogP contribution in [-0.2, 0) is 13.1 Å². The Balaban J connectivity index is 2.03. The maximum absolute atomic E-state index is 12.3. The van der Waals surface area contributed by atoms with E-state index >= 15 is 0 Å². The molecular formula is C17H21ClN4O. The number of nitrogens with one attached hydrogen (secondary N) is 2. The van der Waals surface area contributed by atoms with Crippen LogP contribution >= 0.6 is 11.6 Å². The number of carbonyl (C=O) groups is 1. The van der Waals surface area contributed by atoms with Gasteiger partial charge in [0.25, 0.3) is 5.91 Å². The molecule has 2 aromatic rings. The Morgan fingerprint density at radius 1 is 1.17 bits per heavy atom. The van der Waals surface area contributed by atoms with Crippen molar-refractivity contribution in [2.24, 2.45) is 0 Å². The van der Waals surface area contributed by atoms with Crippen LogP contribution in [0.3, 0.4) is 0 Å². The summed E-state index contributed by atoms with van der Waals surface area (Å²) in [5.41, 5.74) is 2.44. The maximum Gasteiger partial charge on any atom is 0.271 e. The Bertz CT molecular complexity index is 671. The largest absolute Gasteiger partial charge is 0.347 e. The molecule has 0 saturated heterocycles. The van der Waals surface area contributed by atoms with E-state index in [2.05, 4.69) is 20.6 Å². The third-order valence-electron chi connectivity index (χ3n) is 3.35. The van der Waals surface area contributed by atoms with Gasteiger partial charge < -0.3 is 10.6 Å². The predicted molar refractivity (Wildman–Crippen MR) is 91.5 cm³/mol. The Morgan fingerprint density at radius 2 is 1.78 bits per heavy atom. The SMILES string of the molecule is CNCc1ccc(CNC(=O)c2nc(C(C)C)ncc2Cl)cc1. The Labute approximate surface area is 141 Å². The van der Waals surface area contributed by atoms with Gasteiger partial charge in [-0.2, -0.15) is 0 Å². The maximum atomic E-state index is 12.3. The lowest BCUT2D eigenvalue weighted by molar-refractivity contribution is 0.0945. The summed E-state index contributed by atoms with van der Waals surface area (Å²) in [5, 5.41) is 6.20. The van der Waals surface area contributed by atoms with Crippen molar-refractivity contribution in [3.05, 3.63) is 58.1 Å². The molecule has 1 heterocycles. The number of amides is 1. The Hall–Kier alpha value is -1.98. The summed E-state index contributed by atoms with van der Waals surface area (Å²) in [5.74, 6) is 0.452. The number of aromatic nitrogens is 2. The second kappa shape index (κ2) is 8.04. The van der Waals surface area contributed by atoms with Crippen molar-refractivity contribution >= 4 is 17.5 Å². The standard InChI is InChI=1S/C17H21ClN4O/c1-11(2)16-20-10-14(18)15(22-16)17(23)21-9-13-6-4-12(5-7-13)8-19-3/h4-7,10-11,19H,8-9H2,1-3H3,(H,21,23). The lowest BCUT2D eigenvalue weighted by Crippen LogP contribution is -2.25.